The third-order valence-corrected chi connectivity index (χ3v) is 4.52. The molecular weight excluding hydrogens is 306 g/mol. The van der Waals surface area contributed by atoms with Crippen molar-refractivity contribution in [2.24, 2.45) is 0 Å². The molecule has 122 valence electrons. The second-order valence-corrected chi connectivity index (χ2v) is 6.38. The molecule has 1 heterocycles. The molecule has 0 aliphatic carbocycles. The highest BCUT2D eigenvalue weighted by molar-refractivity contribution is 5.97. The van der Waals surface area contributed by atoms with Gasteiger partial charge in [0.25, 0.3) is 0 Å². The third kappa shape index (κ3) is 3.38. The Labute approximate surface area is 147 Å². The molecule has 1 N–H and O–H groups in total. The monoisotopic (exact) mass is 325 g/mol. The van der Waals surface area contributed by atoms with Gasteiger partial charge in [0.15, 0.2) is 6.29 Å². The molecule has 0 radical (unpaired) electrons. The molecule has 1 aromatic heterocycles. The van der Waals surface area contributed by atoms with E-state index in [1.807, 2.05) is 24.3 Å². The minimum Gasteiger partial charge on any atom is -0.358 e. The van der Waals surface area contributed by atoms with E-state index in [1.165, 1.54) is 16.7 Å². The highest BCUT2D eigenvalue weighted by atomic mass is 16.1. The summed E-state index contributed by atoms with van der Waals surface area (Å²) in [5.41, 5.74) is 6.78. The molecule has 3 aromatic carbocycles. The van der Waals surface area contributed by atoms with Gasteiger partial charge in [0.05, 0.1) is 0 Å². The minimum absolute atomic E-state index is 0.734. The lowest BCUT2D eigenvalue weighted by atomic mass is 10.0. The molecule has 25 heavy (non-hydrogen) atoms. The Morgan fingerprint density at radius 2 is 1.44 bits per heavy atom. The molecule has 0 amide bonds. The van der Waals surface area contributed by atoms with E-state index in [0.29, 0.717) is 0 Å². The topological polar surface area (TPSA) is 32.9 Å². The number of aromatic amines is 1. The van der Waals surface area contributed by atoms with Crippen LogP contribution in [-0.4, -0.2) is 11.3 Å². The summed E-state index contributed by atoms with van der Waals surface area (Å²) in [5.74, 6) is 0. The molecule has 0 unspecified atom stereocenters. The number of fused-ring (bicyclic) bond motifs is 1. The van der Waals surface area contributed by atoms with E-state index in [2.05, 4.69) is 59.6 Å². The molecule has 0 fully saturated rings. The number of hydrogen-bond donors (Lipinski definition) is 1. The zero-order chi connectivity index (χ0) is 17.1. The van der Waals surface area contributed by atoms with E-state index in [1.54, 1.807) is 0 Å². The summed E-state index contributed by atoms with van der Waals surface area (Å²) in [4.78, 5) is 14.6. The SMILES string of the molecule is O=Cc1cccc2[nH]c(Cc3cccc(Cc4ccccc4)c3)cc12. The van der Waals surface area contributed by atoms with Gasteiger partial charge in [0.1, 0.15) is 0 Å². The summed E-state index contributed by atoms with van der Waals surface area (Å²) in [6.07, 6.45) is 2.69. The van der Waals surface area contributed by atoms with Crippen LogP contribution in [0.4, 0.5) is 0 Å². The summed E-state index contributed by atoms with van der Waals surface area (Å²) in [7, 11) is 0. The van der Waals surface area contributed by atoms with Gasteiger partial charge in [-0.3, -0.25) is 4.79 Å². The van der Waals surface area contributed by atoms with Crippen LogP contribution in [0, 0.1) is 0 Å². The van der Waals surface area contributed by atoms with Crippen LogP contribution in [0.2, 0.25) is 0 Å². The van der Waals surface area contributed by atoms with Gasteiger partial charge in [-0.1, -0.05) is 66.7 Å². The zero-order valence-electron chi connectivity index (χ0n) is 13.9. The predicted molar refractivity (Wildman–Crippen MR) is 102 cm³/mol. The highest BCUT2D eigenvalue weighted by Gasteiger charge is 2.06. The molecule has 0 saturated carbocycles. The molecule has 4 rings (SSSR count). The lowest BCUT2D eigenvalue weighted by molar-refractivity contribution is 0.112. The van der Waals surface area contributed by atoms with E-state index in [9.17, 15) is 4.79 Å². The van der Waals surface area contributed by atoms with Crippen LogP contribution in [-0.2, 0) is 12.8 Å². The summed E-state index contributed by atoms with van der Waals surface area (Å²) < 4.78 is 0. The fourth-order valence-electron chi connectivity index (χ4n) is 3.34. The van der Waals surface area contributed by atoms with E-state index in [4.69, 9.17) is 0 Å². The standard InChI is InChI=1S/C23H19NO/c25-16-20-10-5-11-23-22(20)15-21(24-23)14-19-9-4-8-18(13-19)12-17-6-2-1-3-7-17/h1-11,13,15-16,24H,12,14H2. The van der Waals surface area contributed by atoms with Crippen molar-refractivity contribution in [3.05, 3.63) is 107 Å². The molecule has 0 atom stereocenters. The van der Waals surface area contributed by atoms with Crippen LogP contribution >= 0.6 is 0 Å². The van der Waals surface area contributed by atoms with E-state index in [0.717, 1.165) is 41.3 Å². The average molecular weight is 325 g/mol. The minimum atomic E-state index is 0.734. The Hall–Kier alpha value is -3.13. The van der Waals surface area contributed by atoms with Gasteiger partial charge >= 0.3 is 0 Å². The van der Waals surface area contributed by atoms with Gasteiger partial charge in [-0.2, -0.15) is 0 Å². The van der Waals surface area contributed by atoms with Gasteiger partial charge in [-0.05, 0) is 35.2 Å². The Kier molecular flexibility index (Phi) is 4.17. The first-order valence-electron chi connectivity index (χ1n) is 8.49. The maximum Gasteiger partial charge on any atom is 0.150 e. The number of nitrogens with one attached hydrogen (secondary N) is 1. The first-order chi connectivity index (χ1) is 12.3. The molecule has 0 aliphatic rings. The number of carbonyl (C=O) groups is 1. The van der Waals surface area contributed by atoms with Gasteiger partial charge in [0, 0.05) is 28.6 Å². The number of rotatable bonds is 5. The molecule has 2 nitrogen and oxygen atoms in total. The largest absolute Gasteiger partial charge is 0.358 e. The molecule has 2 heteroatoms. The van der Waals surface area contributed by atoms with E-state index < -0.39 is 0 Å². The first-order valence-corrected chi connectivity index (χ1v) is 8.49. The molecule has 0 spiro atoms. The summed E-state index contributed by atoms with van der Waals surface area (Å²) >= 11 is 0. The first kappa shape index (κ1) is 15.4. The molecule has 0 aliphatic heterocycles. The fourth-order valence-corrected chi connectivity index (χ4v) is 3.34. The predicted octanol–water partition coefficient (Wildman–Crippen LogP) is 5.16. The van der Waals surface area contributed by atoms with Crippen molar-refractivity contribution in [3.8, 4) is 0 Å². The molecule has 0 bridgehead atoms. The summed E-state index contributed by atoms with van der Waals surface area (Å²) in [5, 5.41) is 0.993. The molecule has 4 aromatic rings. The number of carbonyl (C=O) groups excluding carboxylic acids is 1. The quantitative estimate of drug-likeness (QED) is 0.505. The maximum absolute atomic E-state index is 11.2. The van der Waals surface area contributed by atoms with Crippen molar-refractivity contribution >= 4 is 17.2 Å². The number of benzene rings is 3. The Morgan fingerprint density at radius 1 is 0.720 bits per heavy atom. The summed E-state index contributed by atoms with van der Waals surface area (Å²) in [6, 6.07) is 27.1. The van der Waals surface area contributed by atoms with Crippen molar-refractivity contribution < 1.29 is 4.79 Å². The van der Waals surface area contributed by atoms with Crippen LogP contribution in [0.15, 0.2) is 78.9 Å². The van der Waals surface area contributed by atoms with Crippen LogP contribution in [0.25, 0.3) is 10.9 Å². The number of hydrogen-bond acceptors (Lipinski definition) is 1. The van der Waals surface area contributed by atoms with Crippen molar-refractivity contribution in [2.75, 3.05) is 0 Å². The molecular formula is C23H19NO. The molecule has 0 saturated heterocycles. The normalized spacial score (nSPS) is 10.9. The lowest BCUT2D eigenvalue weighted by Gasteiger charge is -2.05. The van der Waals surface area contributed by atoms with Crippen molar-refractivity contribution in [3.63, 3.8) is 0 Å². The fraction of sp³-hybridized carbons (Fsp3) is 0.0870. The Balaban J connectivity index is 1.59. The van der Waals surface area contributed by atoms with Crippen molar-refractivity contribution in [1.29, 1.82) is 0 Å². The second kappa shape index (κ2) is 6.78. The highest BCUT2D eigenvalue weighted by Crippen LogP contribution is 2.21. The van der Waals surface area contributed by atoms with Crippen molar-refractivity contribution in [1.82, 2.24) is 4.98 Å². The zero-order valence-corrected chi connectivity index (χ0v) is 13.9. The lowest BCUT2D eigenvalue weighted by Crippen LogP contribution is -1.92. The van der Waals surface area contributed by atoms with Gasteiger partial charge in [-0.15, -0.1) is 0 Å². The van der Waals surface area contributed by atoms with Crippen LogP contribution in [0.5, 0.6) is 0 Å². The van der Waals surface area contributed by atoms with Gasteiger partial charge in [0.2, 0.25) is 0 Å². The maximum atomic E-state index is 11.2. The Bertz CT molecular complexity index is 1010. The number of aromatic nitrogens is 1. The number of aldehydes is 1. The smallest absolute Gasteiger partial charge is 0.150 e. The van der Waals surface area contributed by atoms with Gasteiger partial charge in [-0.25, -0.2) is 0 Å². The van der Waals surface area contributed by atoms with Crippen LogP contribution in [0.3, 0.4) is 0 Å². The second-order valence-electron chi connectivity index (χ2n) is 6.38. The number of H-pyrrole nitrogens is 1. The van der Waals surface area contributed by atoms with Gasteiger partial charge < -0.3 is 4.98 Å². The third-order valence-electron chi connectivity index (χ3n) is 4.52. The Morgan fingerprint density at radius 3 is 2.24 bits per heavy atom. The van der Waals surface area contributed by atoms with E-state index in [-0.39, 0.29) is 0 Å². The average Bonchev–Trinajstić information content (AvgIpc) is 3.05. The van der Waals surface area contributed by atoms with Crippen LogP contribution < -0.4 is 0 Å². The van der Waals surface area contributed by atoms with Crippen LogP contribution in [0.1, 0.15) is 32.7 Å². The summed E-state index contributed by atoms with van der Waals surface area (Å²) in [6.45, 7) is 0. The van der Waals surface area contributed by atoms with Crippen molar-refractivity contribution in [2.45, 2.75) is 12.8 Å². The van der Waals surface area contributed by atoms with E-state index >= 15 is 0 Å².